The van der Waals surface area contributed by atoms with Gasteiger partial charge in [0.05, 0.1) is 11.4 Å². The third-order valence-corrected chi connectivity index (χ3v) is 4.67. The Kier molecular flexibility index (Phi) is 3.59. The molecule has 0 saturated heterocycles. The Morgan fingerprint density at radius 1 is 0.545 bits per heavy atom. The molecule has 0 bridgehead atoms. The summed E-state index contributed by atoms with van der Waals surface area (Å²) in [6, 6.07) is 17.2. The van der Waals surface area contributed by atoms with E-state index in [0.29, 0.717) is 0 Å². The van der Waals surface area contributed by atoms with E-state index in [0.717, 1.165) is 37.1 Å². The van der Waals surface area contributed by atoms with Crippen molar-refractivity contribution in [2.75, 3.05) is 0 Å². The van der Waals surface area contributed by atoms with Crippen LogP contribution in [0.3, 0.4) is 0 Å². The van der Waals surface area contributed by atoms with E-state index >= 15 is 0 Å². The van der Waals surface area contributed by atoms with Crippen molar-refractivity contribution in [2.45, 2.75) is 38.5 Å². The minimum absolute atomic E-state index is 1.04. The Labute approximate surface area is 131 Å². The summed E-state index contributed by atoms with van der Waals surface area (Å²) in [6.45, 7) is 0. The van der Waals surface area contributed by atoms with Gasteiger partial charge in [0.1, 0.15) is 0 Å². The summed E-state index contributed by atoms with van der Waals surface area (Å²) in [5, 5.41) is 9.30. The monoisotopic (exact) mass is 288 g/mol. The summed E-state index contributed by atoms with van der Waals surface area (Å²) in [5.74, 6) is 0. The first-order chi connectivity index (χ1) is 10.9. The van der Waals surface area contributed by atoms with Gasteiger partial charge in [-0.25, -0.2) is 0 Å². The topological polar surface area (TPSA) is 24.7 Å². The molecule has 0 saturated carbocycles. The van der Waals surface area contributed by atoms with Crippen LogP contribution < -0.4 is 0 Å². The second-order valence-electron chi connectivity index (χ2n) is 6.11. The van der Waals surface area contributed by atoms with Gasteiger partial charge in [0, 0.05) is 11.1 Å². The number of fused-ring (bicyclic) bond motifs is 2. The maximum absolute atomic E-state index is 4.65. The highest BCUT2D eigenvalue weighted by Crippen LogP contribution is 2.24. The van der Waals surface area contributed by atoms with Gasteiger partial charge in [0.2, 0.25) is 0 Å². The van der Waals surface area contributed by atoms with Gasteiger partial charge in [-0.05, 0) is 49.7 Å². The number of aryl methyl sites for hydroxylation is 2. The molecule has 0 aromatic heterocycles. The molecule has 0 unspecified atom stereocenters. The molecule has 22 heavy (non-hydrogen) atoms. The number of rotatable bonds is 1. The SMILES string of the molecule is c1ccc2c(c1)CCCC2=NN=C1CCCc2ccccc21. The summed E-state index contributed by atoms with van der Waals surface area (Å²) in [4.78, 5) is 0. The van der Waals surface area contributed by atoms with E-state index in [1.54, 1.807) is 0 Å². The second-order valence-corrected chi connectivity index (χ2v) is 6.11. The zero-order chi connectivity index (χ0) is 14.8. The summed E-state index contributed by atoms with van der Waals surface area (Å²) in [7, 11) is 0. The van der Waals surface area contributed by atoms with Crippen LogP contribution in [0.2, 0.25) is 0 Å². The Hall–Kier alpha value is -2.22. The summed E-state index contributed by atoms with van der Waals surface area (Å²) >= 11 is 0. The molecule has 2 aliphatic carbocycles. The van der Waals surface area contributed by atoms with Gasteiger partial charge >= 0.3 is 0 Å². The predicted octanol–water partition coefficient (Wildman–Crippen LogP) is 4.55. The Bertz CT molecular complexity index is 690. The van der Waals surface area contributed by atoms with Crippen LogP contribution >= 0.6 is 0 Å². The number of hydrogen-bond acceptors (Lipinski definition) is 2. The smallest absolute Gasteiger partial charge is 0.0705 e. The van der Waals surface area contributed by atoms with E-state index < -0.39 is 0 Å². The molecule has 2 aromatic rings. The molecule has 0 radical (unpaired) electrons. The average Bonchev–Trinajstić information content (AvgIpc) is 2.60. The maximum atomic E-state index is 4.65. The van der Waals surface area contributed by atoms with Crippen molar-refractivity contribution in [2.24, 2.45) is 10.2 Å². The van der Waals surface area contributed by atoms with E-state index in [4.69, 9.17) is 0 Å². The van der Waals surface area contributed by atoms with Crippen molar-refractivity contribution < 1.29 is 0 Å². The quantitative estimate of drug-likeness (QED) is 0.688. The highest BCUT2D eigenvalue weighted by molar-refractivity contribution is 6.05. The van der Waals surface area contributed by atoms with Crippen LogP contribution in [0.1, 0.15) is 47.9 Å². The molecule has 0 heterocycles. The van der Waals surface area contributed by atoms with Gasteiger partial charge in [-0.1, -0.05) is 48.5 Å². The van der Waals surface area contributed by atoms with Gasteiger partial charge in [0.25, 0.3) is 0 Å². The first kappa shape index (κ1) is 13.4. The van der Waals surface area contributed by atoms with Gasteiger partial charge in [-0.3, -0.25) is 0 Å². The molecule has 0 spiro atoms. The summed E-state index contributed by atoms with van der Waals surface area (Å²) in [5.41, 5.74) is 7.72. The van der Waals surface area contributed by atoms with Crippen LogP contribution in [0, 0.1) is 0 Å². The van der Waals surface area contributed by atoms with Crippen molar-refractivity contribution in [1.82, 2.24) is 0 Å². The van der Waals surface area contributed by atoms with Crippen LogP contribution in [0.15, 0.2) is 58.7 Å². The predicted molar refractivity (Wildman–Crippen MR) is 91.8 cm³/mol. The molecule has 2 aliphatic rings. The molecular weight excluding hydrogens is 268 g/mol. The highest BCUT2D eigenvalue weighted by atomic mass is 15.2. The van der Waals surface area contributed by atoms with Gasteiger partial charge in [-0.15, -0.1) is 0 Å². The molecule has 110 valence electrons. The first-order valence-electron chi connectivity index (χ1n) is 8.22. The number of nitrogens with zero attached hydrogens (tertiary/aromatic N) is 2. The molecule has 0 atom stereocenters. The molecule has 2 nitrogen and oxygen atoms in total. The number of benzene rings is 2. The minimum atomic E-state index is 1.04. The Morgan fingerprint density at radius 3 is 1.50 bits per heavy atom. The van der Waals surface area contributed by atoms with Crippen LogP contribution in [0.5, 0.6) is 0 Å². The van der Waals surface area contributed by atoms with Crippen molar-refractivity contribution in [1.29, 1.82) is 0 Å². The lowest BCUT2D eigenvalue weighted by molar-refractivity contribution is 0.826. The fourth-order valence-corrected chi connectivity index (χ4v) is 3.53. The molecule has 0 N–H and O–H groups in total. The van der Waals surface area contributed by atoms with Crippen LogP contribution in [-0.2, 0) is 12.8 Å². The summed E-state index contributed by atoms with van der Waals surface area (Å²) in [6.07, 6.45) is 6.75. The lowest BCUT2D eigenvalue weighted by Gasteiger charge is -2.18. The normalized spacial score (nSPS) is 20.7. The van der Waals surface area contributed by atoms with E-state index in [1.807, 2.05) is 0 Å². The van der Waals surface area contributed by atoms with Crippen molar-refractivity contribution in [3.05, 3.63) is 70.8 Å². The van der Waals surface area contributed by atoms with E-state index in [2.05, 4.69) is 58.7 Å². The zero-order valence-electron chi connectivity index (χ0n) is 12.8. The fraction of sp³-hybridized carbons (Fsp3) is 0.300. The lowest BCUT2D eigenvalue weighted by Crippen LogP contribution is -2.13. The van der Waals surface area contributed by atoms with Gasteiger partial charge in [-0.2, -0.15) is 10.2 Å². The van der Waals surface area contributed by atoms with Crippen LogP contribution in [0.4, 0.5) is 0 Å². The van der Waals surface area contributed by atoms with Gasteiger partial charge < -0.3 is 0 Å². The molecule has 0 amide bonds. The molecular formula is C20H20N2. The summed E-state index contributed by atoms with van der Waals surface area (Å²) < 4.78 is 0. The molecule has 0 aliphatic heterocycles. The molecule has 2 heteroatoms. The third kappa shape index (κ3) is 2.50. The Morgan fingerprint density at radius 2 is 1.00 bits per heavy atom. The lowest BCUT2D eigenvalue weighted by atomic mass is 9.90. The average molecular weight is 288 g/mol. The maximum Gasteiger partial charge on any atom is 0.0705 e. The van der Waals surface area contributed by atoms with E-state index in [-0.39, 0.29) is 0 Å². The zero-order valence-corrected chi connectivity index (χ0v) is 12.8. The van der Waals surface area contributed by atoms with Crippen LogP contribution in [-0.4, -0.2) is 11.4 Å². The third-order valence-electron chi connectivity index (χ3n) is 4.67. The molecule has 4 rings (SSSR count). The van der Waals surface area contributed by atoms with E-state index in [9.17, 15) is 0 Å². The second kappa shape index (κ2) is 5.88. The van der Waals surface area contributed by atoms with Crippen LogP contribution in [0.25, 0.3) is 0 Å². The Balaban J connectivity index is 1.71. The molecule has 2 aromatic carbocycles. The largest absolute Gasteiger partial charge is 0.155 e. The minimum Gasteiger partial charge on any atom is -0.155 e. The highest BCUT2D eigenvalue weighted by Gasteiger charge is 2.17. The van der Waals surface area contributed by atoms with Crippen molar-refractivity contribution >= 4 is 11.4 Å². The first-order valence-corrected chi connectivity index (χ1v) is 8.22. The van der Waals surface area contributed by atoms with Crippen molar-refractivity contribution in [3.63, 3.8) is 0 Å². The van der Waals surface area contributed by atoms with Gasteiger partial charge in [0.15, 0.2) is 0 Å². The standard InChI is InChI=1S/C20H20N2/c1-3-11-17-15(7-1)9-5-13-19(17)21-22-20-14-6-10-16-8-2-4-12-18(16)20/h1-4,7-8,11-12H,5-6,9-10,13-14H2. The number of hydrogen-bond donors (Lipinski definition) is 0. The fourth-order valence-electron chi connectivity index (χ4n) is 3.53. The van der Waals surface area contributed by atoms with Crippen molar-refractivity contribution in [3.8, 4) is 0 Å². The van der Waals surface area contributed by atoms with E-state index in [1.165, 1.54) is 35.1 Å². The molecule has 0 fully saturated rings.